The number of pyridine rings is 2. The van der Waals surface area contributed by atoms with Crippen molar-refractivity contribution in [2.24, 2.45) is 0 Å². The number of benzene rings is 2. The van der Waals surface area contributed by atoms with E-state index in [-0.39, 0.29) is 5.69 Å². The van der Waals surface area contributed by atoms with Gasteiger partial charge in [0.1, 0.15) is 18.1 Å². The Labute approximate surface area is 195 Å². The zero-order valence-electron chi connectivity index (χ0n) is 17.1. The van der Waals surface area contributed by atoms with E-state index in [2.05, 4.69) is 9.97 Å². The Morgan fingerprint density at radius 1 is 0.906 bits per heavy atom. The third-order valence-corrected chi connectivity index (χ3v) is 5.36. The lowest BCUT2D eigenvalue weighted by Gasteiger charge is -2.14. The summed E-state index contributed by atoms with van der Waals surface area (Å²) in [5, 5.41) is 0.933. The molecular formula is C25H18Cl2N2O3. The smallest absolute Gasteiger partial charge is 0.356 e. The molecule has 7 heteroatoms. The highest BCUT2D eigenvalue weighted by molar-refractivity contribution is 6.33. The molecule has 0 bridgehead atoms. The summed E-state index contributed by atoms with van der Waals surface area (Å²) in [6, 6.07) is 21.9. The Morgan fingerprint density at radius 3 is 2.47 bits per heavy atom. The number of hydrogen-bond donors (Lipinski definition) is 0. The van der Waals surface area contributed by atoms with Gasteiger partial charge in [0.2, 0.25) is 0 Å². The highest BCUT2D eigenvalue weighted by Gasteiger charge is 2.18. The largest absolute Gasteiger partial charge is 0.487 e. The molecule has 2 heterocycles. The highest BCUT2D eigenvalue weighted by Crippen LogP contribution is 2.37. The van der Waals surface area contributed by atoms with Crippen LogP contribution in [0.2, 0.25) is 10.0 Å². The van der Waals surface area contributed by atoms with Gasteiger partial charge >= 0.3 is 5.97 Å². The Bertz CT molecular complexity index is 1260. The standard InChI is InChI=1S/C25H18Cl2N2O3/c1-31-25(30)21-12-10-18(24-20(27)8-5-13-28-24)23(29-21)17-9-11-19(26)22(14-17)32-15-16-6-3-2-4-7-16/h2-14H,15H2,1H3. The molecule has 4 rings (SSSR count). The summed E-state index contributed by atoms with van der Waals surface area (Å²) in [5.41, 5.74) is 3.60. The third kappa shape index (κ3) is 4.74. The van der Waals surface area contributed by atoms with Crippen LogP contribution in [0.5, 0.6) is 5.75 Å². The van der Waals surface area contributed by atoms with Gasteiger partial charge in [0, 0.05) is 17.3 Å². The fourth-order valence-electron chi connectivity index (χ4n) is 3.17. The minimum absolute atomic E-state index is 0.167. The number of rotatable bonds is 6. The van der Waals surface area contributed by atoms with Crippen LogP contribution in [0, 0.1) is 0 Å². The first-order valence-electron chi connectivity index (χ1n) is 9.73. The van der Waals surface area contributed by atoms with Gasteiger partial charge in [0.15, 0.2) is 0 Å². The summed E-state index contributed by atoms with van der Waals surface area (Å²) >= 11 is 12.8. The minimum Gasteiger partial charge on any atom is -0.487 e. The monoisotopic (exact) mass is 464 g/mol. The molecule has 0 radical (unpaired) electrons. The first kappa shape index (κ1) is 21.8. The minimum atomic E-state index is -0.542. The lowest BCUT2D eigenvalue weighted by atomic mass is 10.0. The molecule has 2 aromatic heterocycles. The maximum Gasteiger partial charge on any atom is 0.356 e. The lowest BCUT2D eigenvalue weighted by molar-refractivity contribution is 0.0594. The van der Waals surface area contributed by atoms with Crippen molar-refractivity contribution in [1.82, 2.24) is 9.97 Å². The van der Waals surface area contributed by atoms with Crippen molar-refractivity contribution in [2.45, 2.75) is 6.61 Å². The predicted octanol–water partition coefficient (Wildman–Crippen LogP) is 6.48. The number of carbonyl (C=O) groups excluding carboxylic acids is 1. The molecule has 4 aromatic rings. The molecule has 0 aliphatic heterocycles. The van der Waals surface area contributed by atoms with E-state index in [1.165, 1.54) is 7.11 Å². The zero-order valence-corrected chi connectivity index (χ0v) is 18.6. The van der Waals surface area contributed by atoms with E-state index in [0.29, 0.717) is 44.9 Å². The zero-order chi connectivity index (χ0) is 22.5. The van der Waals surface area contributed by atoms with Gasteiger partial charge < -0.3 is 9.47 Å². The molecule has 32 heavy (non-hydrogen) atoms. The average molecular weight is 465 g/mol. The van der Waals surface area contributed by atoms with Crippen LogP contribution in [0.4, 0.5) is 0 Å². The molecule has 0 atom stereocenters. The molecule has 0 aliphatic carbocycles. The van der Waals surface area contributed by atoms with Crippen LogP contribution in [-0.2, 0) is 11.3 Å². The van der Waals surface area contributed by atoms with Crippen LogP contribution in [0.3, 0.4) is 0 Å². The van der Waals surface area contributed by atoms with E-state index in [9.17, 15) is 4.79 Å². The van der Waals surface area contributed by atoms with Gasteiger partial charge in [-0.25, -0.2) is 9.78 Å². The van der Waals surface area contributed by atoms with E-state index in [1.807, 2.05) is 30.3 Å². The summed E-state index contributed by atoms with van der Waals surface area (Å²) in [6.45, 7) is 0.360. The molecule has 0 saturated heterocycles. The number of nitrogens with zero attached hydrogens (tertiary/aromatic N) is 2. The summed E-state index contributed by atoms with van der Waals surface area (Å²) < 4.78 is 10.8. The highest BCUT2D eigenvalue weighted by atomic mass is 35.5. The Morgan fingerprint density at radius 2 is 1.72 bits per heavy atom. The molecule has 0 amide bonds. The van der Waals surface area contributed by atoms with E-state index < -0.39 is 5.97 Å². The van der Waals surface area contributed by atoms with Crippen molar-refractivity contribution < 1.29 is 14.3 Å². The van der Waals surface area contributed by atoms with Crippen molar-refractivity contribution in [2.75, 3.05) is 7.11 Å². The predicted molar refractivity (Wildman–Crippen MR) is 125 cm³/mol. The molecule has 160 valence electrons. The van der Waals surface area contributed by atoms with Crippen LogP contribution in [0.15, 0.2) is 79.0 Å². The molecular weight excluding hydrogens is 447 g/mol. The van der Waals surface area contributed by atoms with Gasteiger partial charge in [-0.2, -0.15) is 0 Å². The van der Waals surface area contributed by atoms with E-state index in [4.69, 9.17) is 32.7 Å². The normalized spacial score (nSPS) is 10.6. The first-order chi connectivity index (χ1) is 15.6. The maximum atomic E-state index is 12.1. The van der Waals surface area contributed by atoms with Crippen molar-refractivity contribution in [3.63, 3.8) is 0 Å². The van der Waals surface area contributed by atoms with Gasteiger partial charge in [-0.3, -0.25) is 4.98 Å². The lowest BCUT2D eigenvalue weighted by Crippen LogP contribution is -2.06. The number of halogens is 2. The molecule has 0 fully saturated rings. The van der Waals surface area contributed by atoms with Gasteiger partial charge in [-0.1, -0.05) is 59.6 Å². The van der Waals surface area contributed by atoms with Gasteiger partial charge in [-0.05, 0) is 42.0 Å². The van der Waals surface area contributed by atoms with Gasteiger partial charge in [0.25, 0.3) is 0 Å². The number of esters is 1. The molecule has 5 nitrogen and oxygen atoms in total. The van der Waals surface area contributed by atoms with Crippen LogP contribution >= 0.6 is 23.2 Å². The number of methoxy groups -OCH3 is 1. The van der Waals surface area contributed by atoms with Crippen molar-refractivity contribution in [3.8, 4) is 28.3 Å². The Balaban J connectivity index is 1.79. The maximum absolute atomic E-state index is 12.1. The molecule has 0 aliphatic rings. The fourth-order valence-corrected chi connectivity index (χ4v) is 3.56. The third-order valence-electron chi connectivity index (χ3n) is 4.75. The van der Waals surface area contributed by atoms with Crippen LogP contribution in [0.1, 0.15) is 16.1 Å². The second kappa shape index (κ2) is 9.81. The second-order valence-electron chi connectivity index (χ2n) is 6.84. The van der Waals surface area contributed by atoms with Crippen LogP contribution in [-0.4, -0.2) is 23.0 Å². The van der Waals surface area contributed by atoms with Gasteiger partial charge in [0.05, 0.1) is 28.5 Å². The molecule has 0 unspecified atom stereocenters. The van der Waals surface area contributed by atoms with E-state index in [1.54, 1.807) is 48.7 Å². The van der Waals surface area contributed by atoms with Crippen molar-refractivity contribution in [1.29, 1.82) is 0 Å². The average Bonchev–Trinajstić information content (AvgIpc) is 2.84. The first-order valence-corrected chi connectivity index (χ1v) is 10.5. The Hall–Kier alpha value is -3.41. The number of hydrogen-bond acceptors (Lipinski definition) is 5. The van der Waals surface area contributed by atoms with Crippen LogP contribution < -0.4 is 4.74 Å². The summed E-state index contributed by atoms with van der Waals surface area (Å²) in [7, 11) is 1.31. The van der Waals surface area contributed by atoms with Gasteiger partial charge in [-0.15, -0.1) is 0 Å². The summed E-state index contributed by atoms with van der Waals surface area (Å²) in [5.74, 6) is -0.0456. The molecule has 0 spiro atoms. The topological polar surface area (TPSA) is 61.3 Å². The second-order valence-corrected chi connectivity index (χ2v) is 7.65. The quantitative estimate of drug-likeness (QED) is 0.305. The molecule has 0 saturated carbocycles. The number of ether oxygens (including phenoxy) is 2. The fraction of sp³-hybridized carbons (Fsp3) is 0.0800. The number of carbonyl (C=O) groups is 1. The van der Waals surface area contributed by atoms with Crippen LogP contribution in [0.25, 0.3) is 22.5 Å². The van der Waals surface area contributed by atoms with E-state index >= 15 is 0 Å². The SMILES string of the molecule is COC(=O)c1ccc(-c2ncccc2Cl)c(-c2ccc(Cl)c(OCc3ccccc3)c2)n1. The van der Waals surface area contributed by atoms with Crippen molar-refractivity contribution >= 4 is 29.2 Å². The summed E-state index contributed by atoms with van der Waals surface area (Å²) in [4.78, 5) is 21.1. The van der Waals surface area contributed by atoms with E-state index in [0.717, 1.165) is 5.56 Å². The Kier molecular flexibility index (Phi) is 6.69. The number of aromatic nitrogens is 2. The van der Waals surface area contributed by atoms with Crippen molar-refractivity contribution in [3.05, 3.63) is 100 Å². The molecule has 2 aromatic carbocycles. The molecule has 0 N–H and O–H groups in total. The summed E-state index contributed by atoms with van der Waals surface area (Å²) in [6.07, 6.45) is 1.65.